The molecule has 5 heteroatoms. The zero-order chi connectivity index (χ0) is 16.2. The van der Waals surface area contributed by atoms with Crippen LogP contribution in [0.5, 0.6) is 0 Å². The Morgan fingerprint density at radius 3 is 2.39 bits per heavy atom. The lowest BCUT2D eigenvalue weighted by Gasteiger charge is -2.19. The zero-order valence-electron chi connectivity index (χ0n) is 12.6. The molecule has 0 aromatic heterocycles. The topological polar surface area (TPSA) is 38.8 Å². The summed E-state index contributed by atoms with van der Waals surface area (Å²) in [4.78, 5) is 18.1. The first-order valence-corrected chi connectivity index (χ1v) is 8.37. The fourth-order valence-electron chi connectivity index (χ4n) is 2.31. The second-order valence-corrected chi connectivity index (χ2v) is 6.31. The SMILES string of the molecule is CC1ON(C(=O)OCc2ccccc2)C(c2ccccc2)=C1I. The number of carbonyl (C=O) groups is 1. The van der Waals surface area contributed by atoms with Crippen LogP contribution in [0.3, 0.4) is 0 Å². The van der Waals surface area contributed by atoms with E-state index in [1.165, 1.54) is 5.06 Å². The van der Waals surface area contributed by atoms with E-state index in [-0.39, 0.29) is 12.7 Å². The van der Waals surface area contributed by atoms with Crippen LogP contribution >= 0.6 is 22.6 Å². The fraction of sp³-hybridized carbons (Fsp3) is 0.167. The van der Waals surface area contributed by atoms with E-state index in [9.17, 15) is 4.79 Å². The Labute approximate surface area is 148 Å². The molecule has 1 unspecified atom stereocenters. The molecule has 0 aliphatic carbocycles. The predicted molar refractivity (Wildman–Crippen MR) is 96.4 cm³/mol. The number of halogens is 1. The number of hydrogen-bond donors (Lipinski definition) is 0. The molecule has 3 rings (SSSR count). The van der Waals surface area contributed by atoms with E-state index in [0.717, 1.165) is 20.4 Å². The number of ether oxygens (including phenoxy) is 1. The third-order valence-corrected chi connectivity index (χ3v) is 4.86. The lowest BCUT2D eigenvalue weighted by atomic mass is 10.1. The monoisotopic (exact) mass is 421 g/mol. The van der Waals surface area contributed by atoms with E-state index >= 15 is 0 Å². The van der Waals surface area contributed by atoms with Crippen LogP contribution in [-0.2, 0) is 16.2 Å². The highest BCUT2D eigenvalue weighted by Crippen LogP contribution is 2.37. The molecule has 1 heterocycles. The number of nitrogens with zero attached hydrogens (tertiary/aromatic N) is 1. The Morgan fingerprint density at radius 1 is 1.13 bits per heavy atom. The Balaban J connectivity index is 1.77. The maximum Gasteiger partial charge on any atom is 0.439 e. The van der Waals surface area contributed by atoms with E-state index in [2.05, 4.69) is 22.6 Å². The van der Waals surface area contributed by atoms with Gasteiger partial charge in [0.1, 0.15) is 12.7 Å². The predicted octanol–water partition coefficient (Wildman–Crippen LogP) is 4.76. The van der Waals surface area contributed by atoms with Gasteiger partial charge in [0.15, 0.2) is 0 Å². The van der Waals surface area contributed by atoms with Gasteiger partial charge in [-0.05, 0) is 35.1 Å². The Morgan fingerprint density at radius 2 is 1.74 bits per heavy atom. The van der Waals surface area contributed by atoms with Crippen LogP contribution in [0.4, 0.5) is 4.79 Å². The zero-order valence-corrected chi connectivity index (χ0v) is 14.8. The summed E-state index contributed by atoms with van der Waals surface area (Å²) in [5.74, 6) is 0. The van der Waals surface area contributed by atoms with Crippen molar-refractivity contribution in [1.29, 1.82) is 0 Å². The van der Waals surface area contributed by atoms with E-state index in [1.54, 1.807) is 0 Å². The summed E-state index contributed by atoms with van der Waals surface area (Å²) in [6.45, 7) is 2.13. The van der Waals surface area contributed by atoms with Crippen LogP contribution in [0, 0.1) is 0 Å². The van der Waals surface area contributed by atoms with Gasteiger partial charge < -0.3 is 4.74 Å². The van der Waals surface area contributed by atoms with Crippen molar-refractivity contribution in [3.8, 4) is 0 Å². The van der Waals surface area contributed by atoms with Crippen molar-refractivity contribution >= 4 is 34.4 Å². The smallest absolute Gasteiger partial charge is 0.439 e. The van der Waals surface area contributed by atoms with Gasteiger partial charge in [0.05, 0.1) is 5.70 Å². The Hall–Kier alpha value is -1.86. The van der Waals surface area contributed by atoms with E-state index < -0.39 is 6.09 Å². The largest absolute Gasteiger partial charge is 0.443 e. The normalized spacial score (nSPS) is 17.5. The molecule has 0 N–H and O–H groups in total. The third-order valence-electron chi connectivity index (χ3n) is 3.47. The van der Waals surface area contributed by atoms with Crippen LogP contribution in [0.15, 0.2) is 64.2 Å². The molecular formula is C18H16INO3. The first-order valence-electron chi connectivity index (χ1n) is 7.29. The Kier molecular flexibility index (Phi) is 4.97. The molecule has 0 saturated carbocycles. The minimum Gasteiger partial charge on any atom is -0.443 e. The van der Waals surface area contributed by atoms with Gasteiger partial charge in [-0.2, -0.15) is 5.06 Å². The van der Waals surface area contributed by atoms with Gasteiger partial charge in [0.25, 0.3) is 0 Å². The second-order valence-electron chi connectivity index (χ2n) is 5.14. The van der Waals surface area contributed by atoms with Gasteiger partial charge in [0.2, 0.25) is 0 Å². The molecule has 0 spiro atoms. The van der Waals surface area contributed by atoms with Crippen molar-refractivity contribution in [2.24, 2.45) is 0 Å². The summed E-state index contributed by atoms with van der Waals surface area (Å²) in [6, 6.07) is 19.3. The van der Waals surface area contributed by atoms with E-state index in [0.29, 0.717) is 0 Å². The van der Waals surface area contributed by atoms with Crippen molar-refractivity contribution in [3.05, 3.63) is 75.4 Å². The molecule has 2 aromatic carbocycles. The highest BCUT2D eigenvalue weighted by molar-refractivity contribution is 14.1. The van der Waals surface area contributed by atoms with Crippen molar-refractivity contribution < 1.29 is 14.4 Å². The van der Waals surface area contributed by atoms with E-state index in [1.807, 2.05) is 67.6 Å². The number of carbonyl (C=O) groups excluding carboxylic acids is 1. The number of rotatable bonds is 3. The first kappa shape index (κ1) is 16.0. The summed E-state index contributed by atoms with van der Waals surface area (Å²) in [5.41, 5.74) is 2.61. The average molecular weight is 421 g/mol. The quantitative estimate of drug-likeness (QED) is 0.671. The van der Waals surface area contributed by atoms with Crippen molar-refractivity contribution in [2.45, 2.75) is 19.6 Å². The van der Waals surface area contributed by atoms with Gasteiger partial charge in [-0.15, -0.1) is 0 Å². The number of benzene rings is 2. The maximum atomic E-state index is 12.4. The van der Waals surface area contributed by atoms with Crippen LogP contribution in [0.25, 0.3) is 5.70 Å². The highest BCUT2D eigenvalue weighted by Gasteiger charge is 2.35. The molecule has 0 radical (unpaired) electrons. The van der Waals surface area contributed by atoms with E-state index in [4.69, 9.17) is 9.57 Å². The molecule has 2 aromatic rings. The lowest BCUT2D eigenvalue weighted by Crippen LogP contribution is -2.28. The van der Waals surface area contributed by atoms with Crippen molar-refractivity contribution in [3.63, 3.8) is 0 Å². The highest BCUT2D eigenvalue weighted by atomic mass is 127. The third kappa shape index (κ3) is 3.56. The minimum atomic E-state index is -0.508. The number of hydroxylamine groups is 2. The van der Waals surface area contributed by atoms with Crippen LogP contribution in [-0.4, -0.2) is 17.3 Å². The molecule has 0 fully saturated rings. The Bertz CT molecular complexity index is 716. The summed E-state index contributed by atoms with van der Waals surface area (Å²) >= 11 is 2.22. The standard InChI is InChI=1S/C18H16INO3/c1-13-16(19)17(15-10-6-3-7-11-15)20(23-13)18(21)22-12-14-8-4-2-5-9-14/h2-11,13H,12H2,1H3. The van der Waals surface area contributed by atoms with Gasteiger partial charge in [-0.3, -0.25) is 4.84 Å². The molecular weight excluding hydrogens is 405 g/mol. The summed E-state index contributed by atoms with van der Waals surface area (Å²) in [6.07, 6.45) is -0.679. The number of amides is 1. The molecule has 23 heavy (non-hydrogen) atoms. The number of hydrogen-bond acceptors (Lipinski definition) is 3. The molecule has 1 amide bonds. The summed E-state index contributed by atoms with van der Waals surface area (Å²) in [7, 11) is 0. The molecule has 118 valence electrons. The minimum absolute atomic E-state index is 0.171. The maximum absolute atomic E-state index is 12.4. The molecule has 0 bridgehead atoms. The molecule has 1 atom stereocenters. The summed E-state index contributed by atoms with van der Waals surface area (Å²) in [5, 5.41) is 1.25. The molecule has 1 aliphatic rings. The first-order chi connectivity index (χ1) is 11.2. The van der Waals surface area contributed by atoms with Crippen LogP contribution in [0.1, 0.15) is 18.1 Å². The average Bonchev–Trinajstić information content (AvgIpc) is 2.90. The lowest BCUT2D eigenvalue weighted by molar-refractivity contribution is -0.1000. The van der Waals surface area contributed by atoms with Gasteiger partial charge in [0, 0.05) is 9.14 Å². The van der Waals surface area contributed by atoms with Gasteiger partial charge in [-0.1, -0.05) is 60.7 Å². The molecule has 4 nitrogen and oxygen atoms in total. The van der Waals surface area contributed by atoms with Gasteiger partial charge in [-0.25, -0.2) is 4.79 Å². The fourth-order valence-corrected chi connectivity index (χ4v) is 2.95. The molecule has 0 saturated heterocycles. The molecule has 1 aliphatic heterocycles. The van der Waals surface area contributed by atoms with Crippen molar-refractivity contribution in [1.82, 2.24) is 5.06 Å². The summed E-state index contributed by atoms with van der Waals surface area (Å²) < 4.78 is 6.36. The second kappa shape index (κ2) is 7.14. The van der Waals surface area contributed by atoms with Crippen molar-refractivity contribution in [2.75, 3.05) is 0 Å². The van der Waals surface area contributed by atoms with Crippen LogP contribution in [0.2, 0.25) is 0 Å². The van der Waals surface area contributed by atoms with Crippen LogP contribution < -0.4 is 0 Å². The van der Waals surface area contributed by atoms with Gasteiger partial charge >= 0.3 is 6.09 Å².